The normalized spacial score (nSPS) is 12.8. The van der Waals surface area contributed by atoms with Crippen LogP contribution < -0.4 is 20.1 Å². The van der Waals surface area contributed by atoms with Gasteiger partial charge in [0.25, 0.3) is 5.91 Å². The number of nitrogens with zero attached hydrogens (tertiary/aromatic N) is 2. The first-order chi connectivity index (χ1) is 16.2. The zero-order valence-electron chi connectivity index (χ0n) is 17.3. The number of urea groups is 1. The van der Waals surface area contributed by atoms with Crippen molar-refractivity contribution < 1.29 is 41.8 Å². The summed E-state index contributed by atoms with van der Waals surface area (Å²) in [5.74, 6) is -2.42. The van der Waals surface area contributed by atoms with Crippen LogP contribution in [0.4, 0.5) is 23.7 Å². The van der Waals surface area contributed by atoms with Gasteiger partial charge in [0.2, 0.25) is 5.82 Å². The van der Waals surface area contributed by atoms with Crippen molar-refractivity contribution in [3.05, 3.63) is 48.3 Å². The van der Waals surface area contributed by atoms with E-state index in [0.717, 1.165) is 0 Å². The Labute approximate surface area is 189 Å². The van der Waals surface area contributed by atoms with Gasteiger partial charge >= 0.3 is 18.2 Å². The van der Waals surface area contributed by atoms with Crippen LogP contribution in [0.1, 0.15) is 5.82 Å². The number of carbonyl (C=O) groups excluding carboxylic acids is 3. The summed E-state index contributed by atoms with van der Waals surface area (Å²) in [6.07, 6.45) is -4.80. The number of amides is 3. The van der Waals surface area contributed by atoms with Gasteiger partial charge in [0.05, 0.1) is 11.0 Å². The second-order valence-corrected chi connectivity index (χ2v) is 7.03. The molecule has 13 heteroatoms. The Hall–Kier alpha value is -4.29. The van der Waals surface area contributed by atoms with Crippen molar-refractivity contribution in [3.8, 4) is 11.5 Å². The van der Waals surface area contributed by atoms with Crippen LogP contribution in [0.3, 0.4) is 0 Å². The van der Waals surface area contributed by atoms with Crippen LogP contribution in [0.25, 0.3) is 11.0 Å². The molecule has 1 aliphatic heterocycles. The van der Waals surface area contributed by atoms with E-state index in [4.69, 9.17) is 14.2 Å². The largest absolute Gasteiger partial charge is 0.486 e. The molecule has 0 aliphatic carbocycles. The van der Waals surface area contributed by atoms with Gasteiger partial charge < -0.3 is 24.1 Å². The van der Waals surface area contributed by atoms with Crippen molar-refractivity contribution in [2.75, 3.05) is 25.1 Å². The maximum Gasteiger partial charge on any atom is 0.449 e. The molecule has 2 N–H and O–H groups in total. The number of para-hydroxylation sites is 2. The van der Waals surface area contributed by atoms with Crippen molar-refractivity contribution >= 4 is 34.6 Å². The first-order valence-electron chi connectivity index (χ1n) is 9.89. The molecule has 3 aromatic rings. The van der Waals surface area contributed by atoms with Gasteiger partial charge in [0.1, 0.15) is 19.8 Å². The Morgan fingerprint density at radius 2 is 1.79 bits per heavy atom. The molecule has 0 atom stereocenters. The van der Waals surface area contributed by atoms with E-state index in [0.29, 0.717) is 35.0 Å². The van der Waals surface area contributed by atoms with Gasteiger partial charge in [-0.2, -0.15) is 13.2 Å². The summed E-state index contributed by atoms with van der Waals surface area (Å²) >= 11 is 0. The molecule has 0 saturated carbocycles. The molecule has 0 unspecified atom stereocenters. The number of halogens is 3. The summed E-state index contributed by atoms with van der Waals surface area (Å²) in [7, 11) is 0. The fraction of sp³-hybridized carbons (Fsp3) is 0.238. The van der Waals surface area contributed by atoms with Gasteiger partial charge in [-0.1, -0.05) is 12.1 Å². The molecule has 1 aliphatic rings. The first kappa shape index (κ1) is 22.9. The van der Waals surface area contributed by atoms with Crippen LogP contribution in [0.5, 0.6) is 11.5 Å². The van der Waals surface area contributed by atoms with E-state index in [1.807, 2.05) is 5.32 Å². The van der Waals surface area contributed by atoms with Crippen molar-refractivity contribution in [1.29, 1.82) is 0 Å². The number of alkyl halides is 3. The highest BCUT2D eigenvalue weighted by atomic mass is 19.4. The van der Waals surface area contributed by atoms with Gasteiger partial charge in [0, 0.05) is 11.8 Å². The highest BCUT2D eigenvalue weighted by Crippen LogP contribution is 2.33. The van der Waals surface area contributed by atoms with Gasteiger partial charge in [-0.3, -0.25) is 14.9 Å². The summed E-state index contributed by atoms with van der Waals surface area (Å²) in [6, 6.07) is 9.48. The van der Waals surface area contributed by atoms with Crippen LogP contribution >= 0.6 is 0 Å². The van der Waals surface area contributed by atoms with Crippen LogP contribution in [0.15, 0.2) is 42.5 Å². The van der Waals surface area contributed by atoms with E-state index >= 15 is 0 Å². The second kappa shape index (κ2) is 9.29. The van der Waals surface area contributed by atoms with Crippen molar-refractivity contribution in [3.63, 3.8) is 0 Å². The second-order valence-electron chi connectivity index (χ2n) is 7.03. The SMILES string of the molecule is O=C(COC(=O)Cn1c(C(F)(F)F)nc2ccccc21)NC(=O)Nc1ccc2c(c1)OCCO2. The Bertz CT molecular complexity index is 1260. The highest BCUT2D eigenvalue weighted by Gasteiger charge is 2.38. The first-order valence-corrected chi connectivity index (χ1v) is 9.89. The van der Waals surface area contributed by atoms with Gasteiger partial charge in [-0.15, -0.1) is 0 Å². The number of ether oxygens (including phenoxy) is 3. The van der Waals surface area contributed by atoms with E-state index in [1.54, 1.807) is 6.07 Å². The zero-order chi connectivity index (χ0) is 24.3. The number of carbonyl (C=O) groups is 3. The summed E-state index contributed by atoms with van der Waals surface area (Å²) in [5, 5.41) is 4.36. The molecule has 34 heavy (non-hydrogen) atoms. The van der Waals surface area contributed by atoms with Gasteiger partial charge in [-0.25, -0.2) is 9.78 Å². The van der Waals surface area contributed by atoms with Crippen LogP contribution in [0.2, 0.25) is 0 Å². The maximum atomic E-state index is 13.3. The Morgan fingerprint density at radius 1 is 1.06 bits per heavy atom. The molecule has 4 rings (SSSR count). The summed E-state index contributed by atoms with van der Waals surface area (Å²) in [5.41, 5.74) is 0.449. The lowest BCUT2D eigenvalue weighted by Gasteiger charge is -2.19. The van der Waals surface area contributed by atoms with E-state index < -0.39 is 43.1 Å². The molecule has 178 valence electrons. The quantitative estimate of drug-likeness (QED) is 0.541. The number of hydrogen-bond acceptors (Lipinski definition) is 7. The molecule has 10 nitrogen and oxygen atoms in total. The monoisotopic (exact) mass is 478 g/mol. The van der Waals surface area contributed by atoms with Crippen molar-refractivity contribution in [1.82, 2.24) is 14.9 Å². The van der Waals surface area contributed by atoms with E-state index in [1.165, 1.54) is 36.4 Å². The number of hydrogen-bond donors (Lipinski definition) is 2. The molecule has 0 radical (unpaired) electrons. The van der Waals surface area contributed by atoms with Gasteiger partial charge in [0.15, 0.2) is 18.1 Å². The Balaban J connectivity index is 1.31. The number of aromatic nitrogens is 2. The highest BCUT2D eigenvalue weighted by molar-refractivity contribution is 6.02. The molecule has 0 bridgehead atoms. The standard InChI is InChI=1S/C21H17F3N4O6/c22-21(23,24)19-26-13-3-1-2-4-14(13)28(19)10-18(30)34-11-17(29)27-20(31)25-12-5-6-15-16(9-12)33-8-7-32-15/h1-6,9H,7-8,10-11H2,(H2,25,27,29,31). The fourth-order valence-electron chi connectivity index (χ4n) is 3.22. The smallest absolute Gasteiger partial charge is 0.449 e. The minimum Gasteiger partial charge on any atom is -0.486 e. The molecule has 3 amide bonds. The average Bonchev–Trinajstić information content (AvgIpc) is 3.16. The predicted molar refractivity (Wildman–Crippen MR) is 110 cm³/mol. The zero-order valence-corrected chi connectivity index (χ0v) is 17.3. The number of esters is 1. The topological polar surface area (TPSA) is 121 Å². The number of imidazole rings is 1. The maximum absolute atomic E-state index is 13.3. The van der Waals surface area contributed by atoms with Crippen molar-refractivity contribution in [2.45, 2.75) is 12.7 Å². The Morgan fingerprint density at radius 3 is 2.56 bits per heavy atom. The molecule has 1 aromatic heterocycles. The molecular weight excluding hydrogens is 461 g/mol. The number of fused-ring (bicyclic) bond motifs is 2. The number of benzene rings is 2. The van der Waals surface area contributed by atoms with Crippen LogP contribution in [0, 0.1) is 0 Å². The summed E-state index contributed by atoms with van der Waals surface area (Å²) < 4.78 is 56.1. The fourth-order valence-corrected chi connectivity index (χ4v) is 3.22. The van der Waals surface area contributed by atoms with E-state index in [-0.39, 0.29) is 11.0 Å². The third-order valence-corrected chi connectivity index (χ3v) is 4.61. The Kier molecular flexibility index (Phi) is 6.25. The van der Waals surface area contributed by atoms with Gasteiger partial charge in [-0.05, 0) is 24.3 Å². The van der Waals surface area contributed by atoms with E-state index in [9.17, 15) is 27.6 Å². The van der Waals surface area contributed by atoms with Crippen LogP contribution in [-0.2, 0) is 27.0 Å². The third-order valence-electron chi connectivity index (χ3n) is 4.61. The van der Waals surface area contributed by atoms with Crippen molar-refractivity contribution in [2.24, 2.45) is 0 Å². The number of nitrogens with one attached hydrogen (secondary N) is 2. The lowest BCUT2D eigenvalue weighted by atomic mass is 10.2. The molecule has 0 fully saturated rings. The summed E-state index contributed by atoms with van der Waals surface area (Å²) in [4.78, 5) is 39.6. The number of rotatable bonds is 5. The molecule has 2 aromatic carbocycles. The summed E-state index contributed by atoms with van der Waals surface area (Å²) in [6.45, 7) is -0.943. The minimum absolute atomic E-state index is 0.0520. The van der Waals surface area contributed by atoms with Crippen LogP contribution in [-0.4, -0.2) is 47.3 Å². The lowest BCUT2D eigenvalue weighted by molar-refractivity contribution is -0.153. The van der Waals surface area contributed by atoms with E-state index in [2.05, 4.69) is 10.3 Å². The molecule has 2 heterocycles. The average molecular weight is 478 g/mol. The lowest BCUT2D eigenvalue weighted by Crippen LogP contribution is -2.37. The third kappa shape index (κ3) is 5.19. The minimum atomic E-state index is -4.80. The predicted octanol–water partition coefficient (Wildman–Crippen LogP) is 2.72. The number of anilines is 1. The molecular formula is C21H17F3N4O6. The number of imide groups is 1. The molecule has 0 saturated heterocycles. The molecule has 0 spiro atoms.